The lowest BCUT2D eigenvalue weighted by molar-refractivity contribution is -0.136. The van der Waals surface area contributed by atoms with Crippen LogP contribution in [-0.4, -0.2) is 154 Å². The topological polar surface area (TPSA) is 141 Å². The molecule has 11 nitrogen and oxygen atoms in total. The van der Waals surface area contributed by atoms with Gasteiger partial charge in [-0.25, -0.2) is 4.39 Å². The van der Waals surface area contributed by atoms with Gasteiger partial charge in [0.05, 0.1) is 24.2 Å². The van der Waals surface area contributed by atoms with Crippen molar-refractivity contribution in [1.82, 2.24) is 25.3 Å². The van der Waals surface area contributed by atoms with Crippen LogP contribution in [0.2, 0.25) is 0 Å². The van der Waals surface area contributed by atoms with Crippen LogP contribution in [0.5, 0.6) is 0 Å². The van der Waals surface area contributed by atoms with Crippen molar-refractivity contribution >= 4 is 17.5 Å². The van der Waals surface area contributed by atoms with E-state index in [-0.39, 0.29) is 54.6 Å². The van der Waals surface area contributed by atoms with Gasteiger partial charge in [-0.1, -0.05) is 0 Å². The minimum Gasteiger partial charge on any atom is -0.394 e. The molecular formula is C30H53ClFN5O6. The van der Waals surface area contributed by atoms with Gasteiger partial charge in [0.2, 0.25) is 5.91 Å². The molecule has 248 valence electrons. The molecule has 4 heterocycles. The van der Waals surface area contributed by atoms with E-state index in [0.717, 1.165) is 51.9 Å². The fraction of sp³-hybridized carbons (Fsp3) is 0.967. The third-order valence-corrected chi connectivity index (χ3v) is 10.9. The number of fused-ring (bicyclic) bond motifs is 2. The first-order valence-corrected chi connectivity index (χ1v) is 16.9. The van der Waals surface area contributed by atoms with Crippen LogP contribution in [0.1, 0.15) is 57.8 Å². The highest BCUT2D eigenvalue weighted by atomic mass is 35.5. The number of likely N-dealkylation sites (tertiary alicyclic amines) is 3. The predicted molar refractivity (Wildman–Crippen MR) is 160 cm³/mol. The van der Waals surface area contributed by atoms with Gasteiger partial charge in [-0.3, -0.25) is 25.2 Å². The van der Waals surface area contributed by atoms with Crippen LogP contribution >= 0.6 is 11.6 Å². The second-order valence-electron chi connectivity index (χ2n) is 13.6. The van der Waals surface area contributed by atoms with E-state index in [4.69, 9.17) is 21.4 Å². The number of aliphatic hydroxyl groups excluding tert-OH is 4. The fourth-order valence-corrected chi connectivity index (χ4v) is 8.04. The minimum absolute atomic E-state index is 0.000191. The number of alkyl halides is 2. The van der Waals surface area contributed by atoms with Gasteiger partial charge in [-0.05, 0) is 56.8 Å². The maximum absolute atomic E-state index is 15.1. The van der Waals surface area contributed by atoms with E-state index in [0.29, 0.717) is 38.5 Å². The van der Waals surface area contributed by atoms with Crippen LogP contribution < -0.4 is 10.6 Å². The highest BCUT2D eigenvalue weighted by molar-refractivity contribution is 6.21. The number of aliphatic hydroxyl groups is 4. The lowest BCUT2D eigenvalue weighted by Gasteiger charge is -2.41. The van der Waals surface area contributed by atoms with Crippen LogP contribution in [0.3, 0.4) is 0 Å². The summed E-state index contributed by atoms with van der Waals surface area (Å²) in [6, 6.07) is 0.0962. The summed E-state index contributed by atoms with van der Waals surface area (Å²) >= 11 is 6.16. The monoisotopic (exact) mass is 633 g/mol. The number of nitrogens with one attached hydrogen (secondary N) is 2. The quantitative estimate of drug-likeness (QED) is 0.120. The van der Waals surface area contributed by atoms with Crippen LogP contribution in [0.15, 0.2) is 0 Å². The second-order valence-corrected chi connectivity index (χ2v) is 14.2. The Morgan fingerprint density at radius 2 is 1.74 bits per heavy atom. The molecule has 0 aromatic heterocycles. The van der Waals surface area contributed by atoms with Gasteiger partial charge < -0.3 is 30.1 Å². The fourth-order valence-electron chi connectivity index (χ4n) is 7.86. The first kappa shape index (κ1) is 33.7. The van der Waals surface area contributed by atoms with Crippen LogP contribution in [0, 0.1) is 11.8 Å². The summed E-state index contributed by atoms with van der Waals surface area (Å²) in [4.78, 5) is 19.5. The zero-order valence-corrected chi connectivity index (χ0v) is 26.0. The van der Waals surface area contributed by atoms with Crippen molar-refractivity contribution in [3.8, 4) is 0 Å². The predicted octanol–water partition coefficient (Wildman–Crippen LogP) is -0.164. The largest absolute Gasteiger partial charge is 0.394 e. The molecule has 0 aromatic rings. The molecule has 6 N–H and O–H groups in total. The smallest absolute Gasteiger partial charge is 0.223 e. The molecule has 4 aliphatic heterocycles. The molecule has 2 bridgehead atoms. The van der Waals surface area contributed by atoms with Crippen molar-refractivity contribution in [1.29, 1.82) is 0 Å². The highest BCUT2D eigenvalue weighted by Gasteiger charge is 2.47. The Kier molecular flexibility index (Phi) is 12.3. The molecule has 0 spiro atoms. The van der Waals surface area contributed by atoms with Crippen LogP contribution in [-0.2, 0) is 9.53 Å². The number of hydrogen-bond acceptors (Lipinski definition) is 10. The van der Waals surface area contributed by atoms with Gasteiger partial charge in [0.15, 0.2) is 0 Å². The number of rotatable bonds is 13. The number of nitrogens with zero attached hydrogens (tertiary/aromatic N) is 3. The Balaban J connectivity index is 0.934. The number of carbonyl (C=O) groups is 1. The van der Waals surface area contributed by atoms with E-state index in [2.05, 4.69) is 15.5 Å². The second kappa shape index (κ2) is 15.8. The number of piperidine rings is 1. The summed E-state index contributed by atoms with van der Waals surface area (Å²) in [5, 5.41) is 45.9. The lowest BCUT2D eigenvalue weighted by Crippen LogP contribution is -2.62. The average molecular weight is 634 g/mol. The molecule has 0 radical (unpaired) electrons. The standard InChI is InChI=1S/C30H53ClFN5O6/c31-21-13-33-30(34-14-21)35-7-5-19(6-8-35)2-1-9-43-24-4-3-20(25(32)12-24)10-28(41)37-16-22-11-23(37)15-36(22)17-26(39)29(42)27(40)18-38/h19-27,29-30,33-34,38-40,42H,1-18H2/t20?,21?,22-,23-,24?,25?,26+,27-,29+,30?/m1/s1. The maximum Gasteiger partial charge on any atom is 0.223 e. The van der Waals surface area contributed by atoms with Crippen molar-refractivity contribution in [2.45, 2.75) is 112 Å². The molecule has 1 saturated carbocycles. The third kappa shape index (κ3) is 8.78. The molecule has 4 saturated heterocycles. The Hall–Kier alpha value is -0.670. The van der Waals surface area contributed by atoms with Crippen molar-refractivity contribution in [2.24, 2.45) is 11.8 Å². The molecular weight excluding hydrogens is 581 g/mol. The first-order valence-electron chi connectivity index (χ1n) is 16.5. The van der Waals surface area contributed by atoms with Gasteiger partial charge in [-0.15, -0.1) is 11.6 Å². The zero-order chi connectivity index (χ0) is 30.5. The summed E-state index contributed by atoms with van der Waals surface area (Å²) in [6.07, 6.45) is 2.48. The molecule has 5 fully saturated rings. The van der Waals surface area contributed by atoms with Gasteiger partial charge in [-0.2, -0.15) is 0 Å². The van der Waals surface area contributed by atoms with Crippen molar-refractivity contribution < 1.29 is 34.3 Å². The SMILES string of the molecule is O=C(CC1CCC(OCCCC2CCN(C3NCC(Cl)CN3)CC2)CC1F)N1C[C@H]2C[C@@H]1CN2C[C@H](O)[C@H](O)[C@H](O)CO. The zero-order valence-electron chi connectivity index (χ0n) is 25.3. The van der Waals surface area contributed by atoms with Gasteiger partial charge in [0, 0.05) is 77.3 Å². The summed E-state index contributed by atoms with van der Waals surface area (Å²) in [5.74, 6) is 0.441. The van der Waals surface area contributed by atoms with Gasteiger partial charge in [0.1, 0.15) is 24.7 Å². The molecule has 5 rings (SSSR count). The summed E-state index contributed by atoms with van der Waals surface area (Å²) < 4.78 is 21.2. The van der Waals surface area contributed by atoms with Gasteiger partial charge >= 0.3 is 0 Å². The number of halogens is 2. The number of hydrogen-bond donors (Lipinski definition) is 6. The van der Waals surface area contributed by atoms with Crippen molar-refractivity contribution in [2.75, 3.05) is 59.0 Å². The average Bonchev–Trinajstić information content (AvgIpc) is 3.61. The van der Waals surface area contributed by atoms with Crippen LogP contribution in [0.25, 0.3) is 0 Å². The Morgan fingerprint density at radius 1 is 1.00 bits per heavy atom. The Bertz CT molecular complexity index is 882. The number of carbonyl (C=O) groups excluding carboxylic acids is 1. The first-order chi connectivity index (χ1) is 20.7. The summed E-state index contributed by atoms with van der Waals surface area (Å²) in [6.45, 7) is 5.17. The Morgan fingerprint density at radius 3 is 2.40 bits per heavy atom. The molecule has 5 aliphatic rings. The molecule has 1 amide bonds. The van der Waals surface area contributed by atoms with Gasteiger partial charge in [0.25, 0.3) is 0 Å². The van der Waals surface area contributed by atoms with Crippen LogP contribution in [0.4, 0.5) is 4.39 Å². The number of ether oxygens (including phenoxy) is 1. The molecule has 8 atom stereocenters. The molecule has 0 aromatic carbocycles. The molecule has 1 aliphatic carbocycles. The molecule has 13 heteroatoms. The number of amides is 1. The molecule has 3 unspecified atom stereocenters. The highest BCUT2D eigenvalue weighted by Crippen LogP contribution is 2.36. The summed E-state index contributed by atoms with van der Waals surface area (Å²) in [5.41, 5.74) is 0. The van der Waals surface area contributed by atoms with E-state index >= 15 is 4.39 Å². The number of piperazine rings is 1. The summed E-state index contributed by atoms with van der Waals surface area (Å²) in [7, 11) is 0. The van der Waals surface area contributed by atoms with E-state index in [1.54, 1.807) is 0 Å². The third-order valence-electron chi connectivity index (χ3n) is 10.6. The lowest BCUT2D eigenvalue weighted by atomic mass is 9.83. The normalized spacial score (nSPS) is 36.6. The van der Waals surface area contributed by atoms with E-state index < -0.39 is 31.1 Å². The number of β-amino-alcohol motifs (C(OH)–C–C–N with tert-alkyl or cyclic N) is 1. The van der Waals surface area contributed by atoms with Crippen molar-refractivity contribution in [3.63, 3.8) is 0 Å². The minimum atomic E-state index is -1.42. The Labute approximate surface area is 260 Å². The maximum atomic E-state index is 15.1. The van der Waals surface area contributed by atoms with Crippen molar-refractivity contribution in [3.05, 3.63) is 0 Å². The van der Waals surface area contributed by atoms with E-state index in [1.165, 1.54) is 12.8 Å². The van der Waals surface area contributed by atoms with E-state index in [1.807, 2.05) is 9.80 Å². The molecule has 43 heavy (non-hydrogen) atoms. The van der Waals surface area contributed by atoms with E-state index in [9.17, 15) is 20.1 Å².